The average molecular weight is 129 g/mol. The summed E-state index contributed by atoms with van der Waals surface area (Å²) >= 11 is 1.35. The molecule has 0 spiro atoms. The molecule has 0 amide bonds. The van der Waals surface area contributed by atoms with Crippen LogP contribution in [0.5, 0.6) is 0 Å². The van der Waals surface area contributed by atoms with Gasteiger partial charge in [-0.25, -0.2) is 0 Å². The van der Waals surface area contributed by atoms with E-state index in [9.17, 15) is 0 Å². The Balaban J connectivity index is 2.19. The van der Waals surface area contributed by atoms with Crippen LogP contribution in [0.2, 0.25) is 0 Å². The van der Waals surface area contributed by atoms with E-state index in [0.29, 0.717) is 0 Å². The first-order valence-corrected chi connectivity index (χ1v) is 2.72. The Hall–Kier alpha value is 0.596. The fourth-order valence-electron chi connectivity index (χ4n) is 0.118. The summed E-state index contributed by atoms with van der Waals surface area (Å²) in [6.45, 7) is 3.01. The van der Waals surface area contributed by atoms with E-state index < -0.39 is 0 Å². The molecule has 0 rings (SSSR count). The van der Waals surface area contributed by atoms with Crippen molar-refractivity contribution in [2.45, 2.75) is 13.3 Å². The Morgan fingerprint density at radius 2 is 2.40 bits per heavy atom. The molecule has 0 aromatic heterocycles. The number of hydrogen-bond donors (Lipinski definition) is 0. The SMILES string of the molecule is CCC[O][Ga]. The van der Waals surface area contributed by atoms with E-state index in [-0.39, 0.29) is 0 Å². The Labute approximate surface area is 43.0 Å². The minimum atomic E-state index is 0.917. The summed E-state index contributed by atoms with van der Waals surface area (Å²) in [6, 6.07) is 0. The van der Waals surface area contributed by atoms with Gasteiger partial charge in [0.25, 0.3) is 0 Å². The van der Waals surface area contributed by atoms with Crippen LogP contribution in [0.25, 0.3) is 0 Å². The summed E-state index contributed by atoms with van der Waals surface area (Å²) in [6.07, 6.45) is 1.14. The van der Waals surface area contributed by atoms with Gasteiger partial charge in [-0.2, -0.15) is 0 Å². The van der Waals surface area contributed by atoms with Crippen LogP contribution in [-0.4, -0.2) is 25.6 Å². The normalized spacial score (nSPS) is 8.20. The van der Waals surface area contributed by atoms with Crippen molar-refractivity contribution in [1.82, 2.24) is 0 Å². The Morgan fingerprint density at radius 1 is 1.80 bits per heavy atom. The zero-order valence-corrected chi connectivity index (χ0v) is 5.82. The predicted molar refractivity (Wildman–Crippen MR) is 22.0 cm³/mol. The first-order valence-electron chi connectivity index (χ1n) is 1.73. The van der Waals surface area contributed by atoms with Crippen LogP contribution < -0.4 is 0 Å². The molecule has 0 bridgehead atoms. The third-order valence-corrected chi connectivity index (χ3v) is 0.816. The second kappa shape index (κ2) is 4.60. The van der Waals surface area contributed by atoms with E-state index in [4.69, 9.17) is 3.53 Å². The Morgan fingerprint density at radius 3 is 2.40 bits per heavy atom. The van der Waals surface area contributed by atoms with E-state index in [2.05, 4.69) is 6.92 Å². The van der Waals surface area contributed by atoms with Crippen LogP contribution >= 0.6 is 0 Å². The van der Waals surface area contributed by atoms with Crippen molar-refractivity contribution < 1.29 is 3.53 Å². The Bertz CT molecular complexity index is 14.4. The molecule has 0 aliphatic rings. The Kier molecular flexibility index (Phi) is 5.14. The van der Waals surface area contributed by atoms with E-state index in [1.807, 2.05) is 0 Å². The molecule has 2 radical (unpaired) electrons. The maximum absolute atomic E-state index is 4.75. The zero-order valence-electron chi connectivity index (χ0n) is 3.40. The van der Waals surface area contributed by atoms with E-state index in [0.717, 1.165) is 13.0 Å². The van der Waals surface area contributed by atoms with Gasteiger partial charge in [-0.3, -0.25) is 0 Å². The van der Waals surface area contributed by atoms with Crippen molar-refractivity contribution in [3.8, 4) is 0 Å². The molecule has 0 aromatic carbocycles. The summed E-state index contributed by atoms with van der Waals surface area (Å²) in [5.74, 6) is 0. The molecule has 2 heteroatoms. The van der Waals surface area contributed by atoms with Gasteiger partial charge < -0.3 is 0 Å². The van der Waals surface area contributed by atoms with Gasteiger partial charge in [0.2, 0.25) is 0 Å². The molecule has 0 atom stereocenters. The van der Waals surface area contributed by atoms with Gasteiger partial charge in [0, 0.05) is 0 Å². The monoisotopic (exact) mass is 128 g/mol. The quantitative estimate of drug-likeness (QED) is 0.493. The van der Waals surface area contributed by atoms with Crippen molar-refractivity contribution in [1.29, 1.82) is 0 Å². The molecular formula is C3H7GaO. The second-order valence-corrected chi connectivity index (χ2v) is 1.57. The molecule has 0 fully saturated rings. The number of rotatable bonds is 2. The van der Waals surface area contributed by atoms with Crippen molar-refractivity contribution >= 4 is 19.0 Å². The van der Waals surface area contributed by atoms with E-state index in [1.165, 1.54) is 19.0 Å². The predicted octanol–water partition coefficient (Wildman–Crippen LogP) is 0.496. The second-order valence-electron chi connectivity index (χ2n) is 0.871. The van der Waals surface area contributed by atoms with Gasteiger partial charge >= 0.3 is 42.4 Å². The van der Waals surface area contributed by atoms with Crippen LogP contribution in [-0.2, 0) is 3.53 Å². The van der Waals surface area contributed by atoms with Crippen LogP contribution in [0.4, 0.5) is 0 Å². The van der Waals surface area contributed by atoms with E-state index >= 15 is 0 Å². The van der Waals surface area contributed by atoms with Crippen LogP contribution in [0, 0.1) is 0 Å². The number of hydrogen-bond acceptors (Lipinski definition) is 1. The molecule has 0 unspecified atom stereocenters. The minimum absolute atomic E-state index is 0.917. The van der Waals surface area contributed by atoms with Gasteiger partial charge in [-0.05, 0) is 0 Å². The van der Waals surface area contributed by atoms with E-state index in [1.54, 1.807) is 0 Å². The molecule has 1 nitrogen and oxygen atoms in total. The third kappa shape index (κ3) is 4.60. The topological polar surface area (TPSA) is 9.23 Å². The molecule has 0 N–H and O–H groups in total. The third-order valence-electron chi connectivity index (χ3n) is 0.322. The van der Waals surface area contributed by atoms with Crippen molar-refractivity contribution in [3.63, 3.8) is 0 Å². The average Bonchev–Trinajstić information content (AvgIpc) is 1.41. The molecule has 0 saturated heterocycles. The fourth-order valence-corrected chi connectivity index (χ4v) is 0.612. The summed E-state index contributed by atoms with van der Waals surface area (Å²) in [4.78, 5) is 0. The molecular weight excluding hydrogens is 122 g/mol. The van der Waals surface area contributed by atoms with Crippen LogP contribution in [0.3, 0.4) is 0 Å². The van der Waals surface area contributed by atoms with Crippen molar-refractivity contribution in [3.05, 3.63) is 0 Å². The fraction of sp³-hybridized carbons (Fsp3) is 1.00. The van der Waals surface area contributed by atoms with Crippen LogP contribution in [0.15, 0.2) is 0 Å². The zero-order chi connectivity index (χ0) is 4.12. The molecule has 5 heavy (non-hydrogen) atoms. The summed E-state index contributed by atoms with van der Waals surface area (Å²) in [5, 5.41) is 0. The molecule has 0 saturated carbocycles. The molecule has 0 heterocycles. The van der Waals surface area contributed by atoms with Crippen molar-refractivity contribution in [2.24, 2.45) is 0 Å². The summed E-state index contributed by atoms with van der Waals surface area (Å²) in [5.41, 5.74) is 0. The van der Waals surface area contributed by atoms with Gasteiger partial charge in [0.1, 0.15) is 0 Å². The standard InChI is InChI=1S/C3H7O.Ga/c1-2-3-4;/h2-3H2,1H3;/q-1;+1. The van der Waals surface area contributed by atoms with Gasteiger partial charge in [-0.1, -0.05) is 0 Å². The first kappa shape index (κ1) is 5.60. The summed E-state index contributed by atoms with van der Waals surface area (Å²) in [7, 11) is 0. The van der Waals surface area contributed by atoms with Crippen molar-refractivity contribution in [2.75, 3.05) is 6.61 Å². The summed E-state index contributed by atoms with van der Waals surface area (Å²) < 4.78 is 4.75. The maximum atomic E-state index is 4.75. The molecule has 0 aromatic rings. The van der Waals surface area contributed by atoms with Gasteiger partial charge in [0.15, 0.2) is 0 Å². The van der Waals surface area contributed by atoms with Gasteiger partial charge in [0.05, 0.1) is 0 Å². The van der Waals surface area contributed by atoms with Gasteiger partial charge in [-0.15, -0.1) is 0 Å². The molecule has 0 aliphatic carbocycles. The van der Waals surface area contributed by atoms with Crippen LogP contribution in [0.1, 0.15) is 13.3 Å². The molecule has 28 valence electrons. The first-order chi connectivity index (χ1) is 2.41. The molecule has 0 aliphatic heterocycles.